The van der Waals surface area contributed by atoms with Gasteiger partial charge in [0, 0.05) is 27.7 Å². The van der Waals surface area contributed by atoms with Gasteiger partial charge in [0.05, 0.1) is 15.6 Å². The molecule has 0 heterocycles. The van der Waals surface area contributed by atoms with Crippen LogP contribution in [0, 0.1) is 0 Å². The number of halogens is 4. The van der Waals surface area contributed by atoms with E-state index >= 15 is 0 Å². The highest BCUT2D eigenvalue weighted by Gasteiger charge is 2.34. The average Bonchev–Trinajstić information content (AvgIpc) is 2.89. The molecule has 40 heavy (non-hydrogen) atoms. The summed E-state index contributed by atoms with van der Waals surface area (Å²) in [5.41, 5.74) is 0.559. The maximum Gasteiger partial charge on any atom is 0.264 e. The topological polar surface area (TPSA) is 86.8 Å². The predicted octanol–water partition coefficient (Wildman–Crippen LogP) is 6.83. The van der Waals surface area contributed by atoms with Crippen LogP contribution in [0.1, 0.15) is 32.8 Å². The smallest absolute Gasteiger partial charge is 0.264 e. The maximum absolute atomic E-state index is 14.1. The number of hydrogen-bond acceptors (Lipinski definition) is 4. The van der Waals surface area contributed by atoms with E-state index in [0.29, 0.717) is 15.6 Å². The fourth-order valence-corrected chi connectivity index (χ4v) is 6.39. The first kappa shape index (κ1) is 32.0. The number of carbonyl (C=O) groups is 2. The Kier molecular flexibility index (Phi) is 11.1. The van der Waals surface area contributed by atoms with Crippen molar-refractivity contribution < 1.29 is 18.0 Å². The summed E-state index contributed by atoms with van der Waals surface area (Å²) in [5, 5.41) is 3.86. The van der Waals surface area contributed by atoms with E-state index in [0.717, 1.165) is 4.31 Å². The van der Waals surface area contributed by atoms with Crippen LogP contribution in [-0.4, -0.2) is 43.8 Å². The van der Waals surface area contributed by atoms with E-state index in [9.17, 15) is 18.0 Å². The Morgan fingerprint density at radius 1 is 0.875 bits per heavy atom. The van der Waals surface area contributed by atoms with Crippen LogP contribution in [0.5, 0.6) is 0 Å². The van der Waals surface area contributed by atoms with Crippen LogP contribution in [-0.2, 0) is 26.2 Å². The van der Waals surface area contributed by atoms with E-state index < -0.39 is 28.5 Å². The van der Waals surface area contributed by atoms with Crippen molar-refractivity contribution in [2.24, 2.45) is 0 Å². The molecule has 3 aromatic rings. The highest BCUT2D eigenvalue weighted by atomic mass is 35.5. The first-order chi connectivity index (χ1) is 18.8. The number of amides is 2. The van der Waals surface area contributed by atoms with Gasteiger partial charge in [-0.3, -0.25) is 13.9 Å². The molecule has 0 aliphatic rings. The summed E-state index contributed by atoms with van der Waals surface area (Å²) in [5.74, 6) is -1.03. The first-order valence-electron chi connectivity index (χ1n) is 12.4. The Morgan fingerprint density at radius 3 is 2.10 bits per heavy atom. The third-order valence-electron chi connectivity index (χ3n) is 5.96. The second-order valence-electron chi connectivity index (χ2n) is 9.27. The molecule has 0 spiro atoms. The van der Waals surface area contributed by atoms with E-state index in [1.165, 1.54) is 41.3 Å². The molecule has 0 radical (unpaired) electrons. The summed E-state index contributed by atoms with van der Waals surface area (Å²) in [4.78, 5) is 28.5. The van der Waals surface area contributed by atoms with Gasteiger partial charge in [0.2, 0.25) is 11.8 Å². The number of anilines is 1. The molecular weight excluding hydrogens is 616 g/mol. The minimum atomic E-state index is -4.28. The van der Waals surface area contributed by atoms with Crippen molar-refractivity contribution in [1.82, 2.24) is 10.2 Å². The lowest BCUT2D eigenvalue weighted by atomic mass is 10.1. The van der Waals surface area contributed by atoms with Gasteiger partial charge >= 0.3 is 0 Å². The molecule has 0 saturated heterocycles. The van der Waals surface area contributed by atoms with Crippen molar-refractivity contribution in [3.8, 4) is 0 Å². The lowest BCUT2D eigenvalue weighted by molar-refractivity contribution is -0.140. The van der Waals surface area contributed by atoms with Crippen LogP contribution in [0.4, 0.5) is 5.69 Å². The van der Waals surface area contributed by atoms with Crippen molar-refractivity contribution in [1.29, 1.82) is 0 Å². The number of rotatable bonds is 11. The Hall–Kier alpha value is -2.49. The van der Waals surface area contributed by atoms with Crippen molar-refractivity contribution >= 4 is 73.9 Å². The minimum absolute atomic E-state index is 0.0236. The number of hydrogen-bond donors (Lipinski definition) is 1. The Balaban J connectivity index is 2.12. The molecule has 0 fully saturated rings. The Bertz CT molecular complexity index is 1470. The zero-order valence-corrected chi connectivity index (χ0v) is 25.9. The van der Waals surface area contributed by atoms with Crippen LogP contribution in [0.15, 0.2) is 71.6 Å². The van der Waals surface area contributed by atoms with E-state index in [-0.39, 0.29) is 45.5 Å². The van der Waals surface area contributed by atoms with Crippen LogP contribution < -0.4 is 9.62 Å². The van der Waals surface area contributed by atoms with Gasteiger partial charge in [-0.2, -0.15) is 0 Å². The number of benzene rings is 3. The molecule has 0 saturated carbocycles. The normalized spacial score (nSPS) is 12.2. The zero-order chi connectivity index (χ0) is 29.6. The summed E-state index contributed by atoms with van der Waals surface area (Å²) >= 11 is 25.1. The second kappa shape index (κ2) is 13.9. The highest BCUT2D eigenvalue weighted by molar-refractivity contribution is 7.92. The Labute approximate surface area is 255 Å². The maximum atomic E-state index is 14.1. The molecular formula is C28H29Cl4N3O4S. The third kappa shape index (κ3) is 7.83. The van der Waals surface area contributed by atoms with E-state index in [1.807, 2.05) is 13.8 Å². The van der Waals surface area contributed by atoms with Gasteiger partial charge in [0.15, 0.2) is 0 Å². The van der Waals surface area contributed by atoms with Crippen LogP contribution in [0.2, 0.25) is 20.1 Å². The van der Waals surface area contributed by atoms with E-state index in [4.69, 9.17) is 46.4 Å². The molecule has 3 rings (SSSR count). The highest BCUT2D eigenvalue weighted by Crippen LogP contribution is 2.33. The van der Waals surface area contributed by atoms with Crippen molar-refractivity contribution in [2.45, 2.75) is 50.7 Å². The largest absolute Gasteiger partial charge is 0.352 e. The molecule has 3 aromatic carbocycles. The third-order valence-corrected chi connectivity index (χ3v) is 8.88. The molecule has 1 unspecified atom stereocenters. The van der Waals surface area contributed by atoms with Gasteiger partial charge in [-0.15, -0.1) is 0 Å². The van der Waals surface area contributed by atoms with Crippen molar-refractivity contribution in [3.63, 3.8) is 0 Å². The lowest BCUT2D eigenvalue weighted by Gasteiger charge is -2.34. The van der Waals surface area contributed by atoms with E-state index in [1.54, 1.807) is 37.3 Å². The SMILES string of the molecule is CCC(C(=O)NC(C)C)N(Cc1ccc(Cl)cc1Cl)C(=O)CN(c1cc(Cl)ccc1Cl)S(=O)(=O)c1ccccc1. The molecule has 214 valence electrons. The van der Waals surface area contributed by atoms with E-state index in [2.05, 4.69) is 5.32 Å². The summed E-state index contributed by atoms with van der Waals surface area (Å²) in [6.07, 6.45) is 0.263. The first-order valence-corrected chi connectivity index (χ1v) is 15.4. The van der Waals surface area contributed by atoms with Crippen molar-refractivity contribution in [3.05, 3.63) is 92.4 Å². The average molecular weight is 645 g/mol. The summed E-state index contributed by atoms with van der Waals surface area (Å²) in [6, 6.07) is 15.7. The fraction of sp³-hybridized carbons (Fsp3) is 0.286. The molecule has 0 aliphatic carbocycles. The molecule has 0 aliphatic heterocycles. The number of sulfonamides is 1. The molecule has 0 bridgehead atoms. The van der Waals surface area contributed by atoms with Gasteiger partial charge in [-0.25, -0.2) is 8.42 Å². The van der Waals surface area contributed by atoms with Gasteiger partial charge < -0.3 is 10.2 Å². The quantitative estimate of drug-likeness (QED) is 0.248. The summed E-state index contributed by atoms with van der Waals surface area (Å²) < 4.78 is 28.6. The Morgan fingerprint density at radius 2 is 1.50 bits per heavy atom. The molecule has 1 atom stereocenters. The van der Waals surface area contributed by atoms with Crippen LogP contribution >= 0.6 is 46.4 Å². The van der Waals surface area contributed by atoms with Crippen LogP contribution in [0.3, 0.4) is 0 Å². The molecule has 0 aromatic heterocycles. The summed E-state index contributed by atoms with van der Waals surface area (Å²) in [6.45, 7) is 4.65. The second-order valence-corrected chi connectivity index (χ2v) is 12.8. The molecule has 7 nitrogen and oxygen atoms in total. The standard InChI is InChI=1S/C28H29Cl4N3O4S/c1-4-25(28(37)33-18(2)3)34(16-19-10-11-20(29)14-24(19)32)27(36)17-35(26-15-21(30)12-13-23(26)31)40(38,39)22-8-6-5-7-9-22/h5-15,18,25H,4,16-17H2,1-3H3,(H,33,37). The van der Waals surface area contributed by atoms with Crippen molar-refractivity contribution in [2.75, 3.05) is 10.8 Å². The predicted molar refractivity (Wildman–Crippen MR) is 162 cm³/mol. The lowest BCUT2D eigenvalue weighted by Crippen LogP contribution is -2.53. The van der Waals surface area contributed by atoms with Gasteiger partial charge in [0.1, 0.15) is 12.6 Å². The van der Waals surface area contributed by atoms with Gasteiger partial charge in [0.25, 0.3) is 10.0 Å². The molecule has 1 N–H and O–H groups in total. The molecule has 12 heteroatoms. The van der Waals surface area contributed by atoms with Gasteiger partial charge in [-0.1, -0.05) is 77.6 Å². The number of nitrogens with one attached hydrogen (secondary N) is 1. The van der Waals surface area contributed by atoms with Crippen LogP contribution in [0.25, 0.3) is 0 Å². The summed E-state index contributed by atoms with van der Waals surface area (Å²) in [7, 11) is -4.28. The molecule has 2 amide bonds. The fourth-order valence-electron chi connectivity index (χ4n) is 4.04. The number of nitrogens with zero attached hydrogens (tertiary/aromatic N) is 2. The monoisotopic (exact) mass is 643 g/mol. The zero-order valence-electron chi connectivity index (χ0n) is 22.1. The minimum Gasteiger partial charge on any atom is -0.352 e. The van der Waals surface area contributed by atoms with Gasteiger partial charge in [-0.05, 0) is 68.3 Å². The number of carbonyl (C=O) groups excluding carboxylic acids is 2.